The van der Waals surface area contributed by atoms with Gasteiger partial charge in [-0.2, -0.15) is 0 Å². The second-order valence-electron chi connectivity index (χ2n) is 5.63. The zero-order valence-electron chi connectivity index (χ0n) is 9.92. The van der Waals surface area contributed by atoms with Crippen LogP contribution in [0.1, 0.15) is 31.2 Å². The second-order valence-corrected chi connectivity index (χ2v) is 6.07. The van der Waals surface area contributed by atoms with E-state index < -0.39 is 0 Å². The molecule has 1 heterocycles. The fraction of sp³-hybridized carbons (Fsp3) is 0.571. The van der Waals surface area contributed by atoms with Crippen LogP contribution in [0.5, 0.6) is 0 Å². The quantitative estimate of drug-likeness (QED) is 0.833. The Morgan fingerprint density at radius 2 is 1.65 bits per heavy atom. The normalized spacial score (nSPS) is 25.5. The number of benzene rings is 1. The lowest BCUT2D eigenvalue weighted by atomic mass is 9.52. The van der Waals surface area contributed by atoms with Crippen LogP contribution in [-0.4, -0.2) is 13.2 Å². The Balaban J connectivity index is 1.75. The smallest absolute Gasteiger partial charge is 0.0471 e. The molecule has 1 aliphatic heterocycles. The lowest BCUT2D eigenvalue weighted by Crippen LogP contribution is -2.57. The van der Waals surface area contributed by atoms with Gasteiger partial charge in [0.05, 0.1) is 0 Å². The number of halogens is 1. The van der Waals surface area contributed by atoms with Crippen LogP contribution in [0, 0.1) is 5.41 Å². The first-order valence-electron chi connectivity index (χ1n) is 6.25. The largest absolute Gasteiger partial charge is 0.381 e. The van der Waals surface area contributed by atoms with E-state index in [1.807, 2.05) is 12.1 Å². The molecular formula is C14H18ClNO. The first kappa shape index (κ1) is 11.5. The third-order valence-electron chi connectivity index (χ3n) is 4.35. The van der Waals surface area contributed by atoms with Crippen LogP contribution in [0.2, 0.25) is 5.02 Å². The van der Waals surface area contributed by atoms with E-state index in [4.69, 9.17) is 22.1 Å². The van der Waals surface area contributed by atoms with Gasteiger partial charge < -0.3 is 10.5 Å². The van der Waals surface area contributed by atoms with Gasteiger partial charge in [-0.1, -0.05) is 23.7 Å². The Morgan fingerprint density at radius 3 is 2.24 bits per heavy atom. The van der Waals surface area contributed by atoms with E-state index in [2.05, 4.69) is 12.1 Å². The molecule has 2 N–H and O–H groups in total. The van der Waals surface area contributed by atoms with Crippen LogP contribution in [-0.2, 0) is 10.3 Å². The predicted molar refractivity (Wildman–Crippen MR) is 69.0 cm³/mol. The van der Waals surface area contributed by atoms with Gasteiger partial charge in [0.1, 0.15) is 0 Å². The van der Waals surface area contributed by atoms with Gasteiger partial charge in [0, 0.05) is 23.8 Å². The molecule has 92 valence electrons. The standard InChI is InChI=1S/C14H18ClNO/c15-12-3-1-11(2-4-12)14(16)9-13(10-14)5-7-17-8-6-13/h1-4H,5-10,16H2. The Bertz CT molecular complexity index is 401. The van der Waals surface area contributed by atoms with Gasteiger partial charge in [-0.25, -0.2) is 0 Å². The highest BCUT2D eigenvalue weighted by atomic mass is 35.5. The summed E-state index contributed by atoms with van der Waals surface area (Å²) in [6.45, 7) is 1.80. The number of ether oxygens (including phenoxy) is 1. The summed E-state index contributed by atoms with van der Waals surface area (Å²) in [5.74, 6) is 0. The third kappa shape index (κ3) is 1.99. The van der Waals surface area contributed by atoms with Crippen molar-refractivity contribution >= 4 is 11.6 Å². The average molecular weight is 252 g/mol. The maximum Gasteiger partial charge on any atom is 0.0471 e. The third-order valence-corrected chi connectivity index (χ3v) is 4.61. The zero-order valence-corrected chi connectivity index (χ0v) is 10.7. The lowest BCUT2D eigenvalue weighted by Gasteiger charge is -2.56. The highest BCUT2D eigenvalue weighted by Gasteiger charge is 2.53. The molecule has 0 amide bonds. The van der Waals surface area contributed by atoms with Gasteiger partial charge in [0.2, 0.25) is 0 Å². The van der Waals surface area contributed by atoms with E-state index in [1.165, 1.54) is 18.4 Å². The van der Waals surface area contributed by atoms with Crippen molar-refractivity contribution < 1.29 is 4.74 Å². The summed E-state index contributed by atoms with van der Waals surface area (Å²) in [6, 6.07) is 7.99. The molecule has 0 atom stereocenters. The van der Waals surface area contributed by atoms with Crippen molar-refractivity contribution in [2.45, 2.75) is 31.2 Å². The van der Waals surface area contributed by atoms with Crippen molar-refractivity contribution in [2.24, 2.45) is 11.1 Å². The van der Waals surface area contributed by atoms with Gasteiger partial charge in [-0.3, -0.25) is 0 Å². The molecule has 1 aliphatic carbocycles. The molecule has 17 heavy (non-hydrogen) atoms. The average Bonchev–Trinajstić information content (AvgIpc) is 2.29. The maximum atomic E-state index is 6.50. The molecular weight excluding hydrogens is 234 g/mol. The van der Waals surface area contributed by atoms with E-state index in [-0.39, 0.29) is 5.54 Å². The van der Waals surface area contributed by atoms with E-state index in [0.29, 0.717) is 5.41 Å². The molecule has 0 unspecified atom stereocenters. The Labute approximate surface area is 107 Å². The molecule has 1 aromatic rings. The molecule has 0 aromatic heterocycles. The van der Waals surface area contributed by atoms with Gasteiger partial charge in [0.25, 0.3) is 0 Å². The summed E-state index contributed by atoms with van der Waals surface area (Å²) in [7, 11) is 0. The minimum atomic E-state index is -0.137. The Kier molecular flexibility index (Phi) is 2.69. The van der Waals surface area contributed by atoms with Crippen molar-refractivity contribution in [1.29, 1.82) is 0 Å². The molecule has 2 fully saturated rings. The van der Waals surface area contributed by atoms with E-state index in [1.54, 1.807) is 0 Å². The predicted octanol–water partition coefficient (Wildman–Crippen LogP) is 3.08. The van der Waals surface area contributed by atoms with Crippen LogP contribution >= 0.6 is 11.6 Å². The van der Waals surface area contributed by atoms with Crippen LogP contribution in [0.4, 0.5) is 0 Å². The number of hydrogen-bond donors (Lipinski definition) is 1. The molecule has 1 spiro atoms. The van der Waals surface area contributed by atoms with Gasteiger partial charge in [-0.05, 0) is 48.8 Å². The van der Waals surface area contributed by atoms with E-state index >= 15 is 0 Å². The molecule has 1 saturated carbocycles. The van der Waals surface area contributed by atoms with Crippen LogP contribution < -0.4 is 5.73 Å². The summed E-state index contributed by atoms with van der Waals surface area (Å²) < 4.78 is 5.43. The maximum absolute atomic E-state index is 6.50. The van der Waals surface area contributed by atoms with Crippen LogP contribution in [0.25, 0.3) is 0 Å². The molecule has 1 aromatic carbocycles. The lowest BCUT2D eigenvalue weighted by molar-refractivity contribution is -0.0725. The van der Waals surface area contributed by atoms with Crippen molar-refractivity contribution in [3.05, 3.63) is 34.9 Å². The van der Waals surface area contributed by atoms with E-state index in [0.717, 1.165) is 31.1 Å². The van der Waals surface area contributed by atoms with Crippen LogP contribution in [0.3, 0.4) is 0 Å². The number of nitrogens with two attached hydrogens (primary N) is 1. The summed E-state index contributed by atoms with van der Waals surface area (Å²) in [6.07, 6.45) is 4.51. The topological polar surface area (TPSA) is 35.2 Å². The summed E-state index contributed by atoms with van der Waals surface area (Å²) >= 11 is 5.91. The molecule has 0 radical (unpaired) electrons. The Morgan fingerprint density at radius 1 is 1.06 bits per heavy atom. The highest BCUT2D eigenvalue weighted by Crippen LogP contribution is 2.57. The fourth-order valence-corrected chi connectivity index (χ4v) is 3.56. The molecule has 2 aliphatic rings. The number of rotatable bonds is 1. The molecule has 0 bridgehead atoms. The number of hydrogen-bond acceptors (Lipinski definition) is 2. The first-order valence-corrected chi connectivity index (χ1v) is 6.63. The summed E-state index contributed by atoms with van der Waals surface area (Å²) in [4.78, 5) is 0. The highest BCUT2D eigenvalue weighted by molar-refractivity contribution is 6.30. The minimum Gasteiger partial charge on any atom is -0.381 e. The summed E-state index contributed by atoms with van der Waals surface area (Å²) in [5.41, 5.74) is 8.03. The van der Waals surface area contributed by atoms with Crippen LogP contribution in [0.15, 0.2) is 24.3 Å². The summed E-state index contributed by atoms with van der Waals surface area (Å²) in [5, 5.41) is 0.775. The van der Waals surface area contributed by atoms with Crippen molar-refractivity contribution in [3.8, 4) is 0 Å². The first-order chi connectivity index (χ1) is 8.12. The van der Waals surface area contributed by atoms with Gasteiger partial charge in [-0.15, -0.1) is 0 Å². The molecule has 3 heteroatoms. The van der Waals surface area contributed by atoms with Gasteiger partial charge in [0.15, 0.2) is 0 Å². The van der Waals surface area contributed by atoms with Crippen molar-refractivity contribution in [1.82, 2.24) is 0 Å². The molecule has 3 rings (SSSR count). The van der Waals surface area contributed by atoms with Gasteiger partial charge >= 0.3 is 0 Å². The van der Waals surface area contributed by atoms with Crippen molar-refractivity contribution in [3.63, 3.8) is 0 Å². The monoisotopic (exact) mass is 251 g/mol. The zero-order chi connectivity index (χ0) is 11.9. The SMILES string of the molecule is NC1(c2ccc(Cl)cc2)CC2(CCOCC2)C1. The minimum absolute atomic E-state index is 0.137. The second kappa shape index (κ2) is 3.98. The Hall–Kier alpha value is -0.570. The van der Waals surface area contributed by atoms with E-state index in [9.17, 15) is 0 Å². The fourth-order valence-electron chi connectivity index (χ4n) is 3.43. The van der Waals surface area contributed by atoms with Crippen molar-refractivity contribution in [2.75, 3.05) is 13.2 Å². The molecule has 2 nitrogen and oxygen atoms in total. The molecule has 1 saturated heterocycles.